The standard InChI is InChI=1S/C24H27N3O2/c1-16-7-8-20(13-17(16)2)26-24(29)18-9-11-27(12-10-18)23(28)14-19-15-25-22-6-4-3-5-21(19)22/h3-8,13,15,18,25H,9-12,14H2,1-2H3,(H,26,29). The SMILES string of the molecule is Cc1ccc(NC(=O)C2CCN(C(=O)Cc3c[nH]c4ccccc34)CC2)cc1C. The van der Waals surface area contributed by atoms with Crippen molar-refractivity contribution in [3.8, 4) is 0 Å². The Bertz CT molecular complexity index is 1050. The number of rotatable bonds is 4. The number of nitrogens with one attached hydrogen (secondary N) is 2. The predicted molar refractivity (Wildman–Crippen MR) is 116 cm³/mol. The van der Waals surface area contributed by atoms with Crippen LogP contribution in [0.3, 0.4) is 0 Å². The number of nitrogens with zero attached hydrogens (tertiary/aromatic N) is 1. The molecule has 0 saturated carbocycles. The summed E-state index contributed by atoms with van der Waals surface area (Å²) in [7, 11) is 0. The van der Waals surface area contributed by atoms with Gasteiger partial charge in [0.1, 0.15) is 0 Å². The number of aromatic nitrogens is 1. The lowest BCUT2D eigenvalue weighted by Crippen LogP contribution is -2.42. The molecular formula is C24H27N3O2. The number of piperidine rings is 1. The van der Waals surface area contributed by atoms with E-state index in [9.17, 15) is 9.59 Å². The van der Waals surface area contributed by atoms with Crippen LogP contribution in [0.2, 0.25) is 0 Å². The van der Waals surface area contributed by atoms with Crippen molar-refractivity contribution in [3.05, 3.63) is 65.4 Å². The van der Waals surface area contributed by atoms with Crippen LogP contribution in [0, 0.1) is 19.8 Å². The molecule has 29 heavy (non-hydrogen) atoms. The molecule has 1 fully saturated rings. The minimum Gasteiger partial charge on any atom is -0.361 e. The molecule has 0 bridgehead atoms. The van der Waals surface area contributed by atoms with Crippen molar-refractivity contribution in [3.63, 3.8) is 0 Å². The van der Waals surface area contributed by atoms with E-state index in [0.717, 1.165) is 22.2 Å². The van der Waals surface area contributed by atoms with Gasteiger partial charge in [-0.3, -0.25) is 9.59 Å². The summed E-state index contributed by atoms with van der Waals surface area (Å²) in [6.07, 6.45) is 3.72. The third-order valence-corrected chi connectivity index (χ3v) is 6.01. The molecule has 2 aromatic carbocycles. The average molecular weight is 389 g/mol. The summed E-state index contributed by atoms with van der Waals surface area (Å²) in [5.41, 5.74) is 5.30. The second-order valence-electron chi connectivity index (χ2n) is 7.98. The van der Waals surface area contributed by atoms with Gasteiger partial charge in [-0.05, 0) is 61.6 Å². The van der Waals surface area contributed by atoms with Crippen molar-refractivity contribution >= 4 is 28.4 Å². The van der Waals surface area contributed by atoms with Gasteiger partial charge in [0.15, 0.2) is 0 Å². The predicted octanol–water partition coefficient (Wildman–Crippen LogP) is 4.20. The normalized spacial score (nSPS) is 14.9. The highest BCUT2D eigenvalue weighted by molar-refractivity contribution is 5.93. The Morgan fingerprint density at radius 2 is 1.83 bits per heavy atom. The summed E-state index contributed by atoms with van der Waals surface area (Å²) >= 11 is 0. The first-order valence-electron chi connectivity index (χ1n) is 10.2. The van der Waals surface area contributed by atoms with Crippen LogP contribution in [-0.2, 0) is 16.0 Å². The van der Waals surface area contributed by atoms with E-state index >= 15 is 0 Å². The second-order valence-corrected chi connectivity index (χ2v) is 7.98. The first-order valence-corrected chi connectivity index (χ1v) is 10.2. The number of hydrogen-bond donors (Lipinski definition) is 2. The number of fused-ring (bicyclic) bond motifs is 1. The summed E-state index contributed by atoms with van der Waals surface area (Å²) in [5, 5.41) is 4.13. The summed E-state index contributed by atoms with van der Waals surface area (Å²) in [6.45, 7) is 5.37. The van der Waals surface area contributed by atoms with Crippen molar-refractivity contribution in [2.75, 3.05) is 18.4 Å². The number of carbonyl (C=O) groups is 2. The minimum absolute atomic E-state index is 0.0475. The van der Waals surface area contributed by atoms with Crippen molar-refractivity contribution < 1.29 is 9.59 Å². The fraction of sp³-hybridized carbons (Fsp3) is 0.333. The Morgan fingerprint density at radius 3 is 2.59 bits per heavy atom. The maximum absolute atomic E-state index is 12.8. The van der Waals surface area contributed by atoms with Crippen LogP contribution in [0.1, 0.15) is 29.5 Å². The monoisotopic (exact) mass is 389 g/mol. The molecule has 1 saturated heterocycles. The number of amides is 2. The molecule has 5 heteroatoms. The lowest BCUT2D eigenvalue weighted by molar-refractivity contribution is -0.133. The maximum atomic E-state index is 12.8. The van der Waals surface area contributed by atoms with Crippen LogP contribution >= 0.6 is 0 Å². The molecule has 0 radical (unpaired) electrons. The lowest BCUT2D eigenvalue weighted by Gasteiger charge is -2.31. The number of likely N-dealkylation sites (tertiary alicyclic amines) is 1. The smallest absolute Gasteiger partial charge is 0.227 e. The molecule has 1 aliphatic heterocycles. The number of anilines is 1. The Hall–Kier alpha value is -3.08. The van der Waals surface area contributed by atoms with E-state index in [-0.39, 0.29) is 17.7 Å². The van der Waals surface area contributed by atoms with E-state index in [1.54, 1.807) is 0 Å². The molecule has 0 aliphatic carbocycles. The molecule has 1 aromatic heterocycles. The van der Waals surface area contributed by atoms with Gasteiger partial charge < -0.3 is 15.2 Å². The van der Waals surface area contributed by atoms with E-state index in [0.29, 0.717) is 32.4 Å². The third kappa shape index (κ3) is 4.19. The molecular weight excluding hydrogens is 362 g/mol. The lowest BCUT2D eigenvalue weighted by atomic mass is 9.95. The van der Waals surface area contributed by atoms with E-state index < -0.39 is 0 Å². The Balaban J connectivity index is 1.32. The molecule has 2 amide bonds. The molecule has 4 rings (SSSR count). The zero-order valence-corrected chi connectivity index (χ0v) is 17.0. The molecule has 0 spiro atoms. The topological polar surface area (TPSA) is 65.2 Å². The van der Waals surface area contributed by atoms with Crippen molar-refractivity contribution in [1.29, 1.82) is 0 Å². The Kier molecular flexibility index (Phi) is 5.38. The number of para-hydroxylation sites is 1. The fourth-order valence-corrected chi connectivity index (χ4v) is 4.01. The first kappa shape index (κ1) is 19.2. The summed E-state index contributed by atoms with van der Waals surface area (Å²) in [5.74, 6) is 0.133. The van der Waals surface area contributed by atoms with Crippen molar-refractivity contribution in [1.82, 2.24) is 9.88 Å². The molecule has 5 nitrogen and oxygen atoms in total. The van der Waals surface area contributed by atoms with Crippen LogP contribution in [0.25, 0.3) is 10.9 Å². The van der Waals surface area contributed by atoms with Crippen molar-refractivity contribution in [2.24, 2.45) is 5.92 Å². The van der Waals surface area contributed by atoms with Gasteiger partial charge in [-0.25, -0.2) is 0 Å². The Labute approximate surface area is 171 Å². The zero-order chi connectivity index (χ0) is 20.4. The average Bonchev–Trinajstić information content (AvgIpc) is 3.14. The van der Waals surface area contributed by atoms with Gasteiger partial charge in [0.05, 0.1) is 6.42 Å². The fourth-order valence-electron chi connectivity index (χ4n) is 4.01. The summed E-state index contributed by atoms with van der Waals surface area (Å²) in [4.78, 5) is 30.5. The molecule has 2 heterocycles. The molecule has 1 aliphatic rings. The number of H-pyrrole nitrogens is 1. The van der Waals surface area contributed by atoms with E-state index in [1.165, 1.54) is 11.1 Å². The number of aromatic amines is 1. The second kappa shape index (κ2) is 8.11. The van der Waals surface area contributed by atoms with Crippen LogP contribution in [0.5, 0.6) is 0 Å². The zero-order valence-electron chi connectivity index (χ0n) is 17.0. The van der Waals surface area contributed by atoms with Gasteiger partial charge in [-0.15, -0.1) is 0 Å². The molecule has 150 valence electrons. The van der Waals surface area contributed by atoms with Crippen LogP contribution in [0.4, 0.5) is 5.69 Å². The molecule has 0 atom stereocenters. The van der Waals surface area contributed by atoms with Gasteiger partial charge >= 0.3 is 0 Å². The van der Waals surface area contributed by atoms with Gasteiger partial charge in [0, 0.05) is 41.8 Å². The minimum atomic E-state index is -0.0475. The number of hydrogen-bond acceptors (Lipinski definition) is 2. The highest BCUT2D eigenvalue weighted by Crippen LogP contribution is 2.23. The number of benzene rings is 2. The Morgan fingerprint density at radius 1 is 1.07 bits per heavy atom. The quantitative estimate of drug-likeness (QED) is 0.702. The van der Waals surface area contributed by atoms with Crippen molar-refractivity contribution in [2.45, 2.75) is 33.1 Å². The number of carbonyl (C=O) groups excluding carboxylic acids is 2. The van der Waals surface area contributed by atoms with Gasteiger partial charge in [0.2, 0.25) is 11.8 Å². The molecule has 0 unspecified atom stereocenters. The van der Waals surface area contributed by atoms with E-state index in [1.807, 2.05) is 60.5 Å². The van der Waals surface area contributed by atoms with Crippen LogP contribution in [-0.4, -0.2) is 34.8 Å². The third-order valence-electron chi connectivity index (χ3n) is 6.01. The molecule has 2 N–H and O–H groups in total. The van der Waals surface area contributed by atoms with Crippen LogP contribution in [0.15, 0.2) is 48.7 Å². The van der Waals surface area contributed by atoms with Gasteiger partial charge in [-0.1, -0.05) is 24.3 Å². The number of aryl methyl sites for hydroxylation is 2. The largest absolute Gasteiger partial charge is 0.361 e. The van der Waals surface area contributed by atoms with Gasteiger partial charge in [-0.2, -0.15) is 0 Å². The van der Waals surface area contributed by atoms with Crippen LogP contribution < -0.4 is 5.32 Å². The maximum Gasteiger partial charge on any atom is 0.227 e. The van der Waals surface area contributed by atoms with E-state index in [4.69, 9.17) is 0 Å². The summed E-state index contributed by atoms with van der Waals surface area (Å²) in [6, 6.07) is 14.0. The highest BCUT2D eigenvalue weighted by atomic mass is 16.2. The molecule has 3 aromatic rings. The first-order chi connectivity index (χ1) is 14.0. The van der Waals surface area contributed by atoms with Gasteiger partial charge in [0.25, 0.3) is 0 Å². The highest BCUT2D eigenvalue weighted by Gasteiger charge is 2.27. The van der Waals surface area contributed by atoms with E-state index in [2.05, 4.69) is 17.2 Å². The summed E-state index contributed by atoms with van der Waals surface area (Å²) < 4.78 is 0.